The zero-order chi connectivity index (χ0) is 21.6. The molecule has 1 aliphatic heterocycles. The summed E-state index contributed by atoms with van der Waals surface area (Å²) in [7, 11) is 0. The molecule has 1 saturated heterocycles. The number of nitrogens with one attached hydrogen (secondary N) is 2. The van der Waals surface area contributed by atoms with Crippen LogP contribution >= 0.6 is 0 Å². The van der Waals surface area contributed by atoms with Gasteiger partial charge in [-0.1, -0.05) is 75.8 Å². The standard InChI is InChI=1S/C24H39N3O3/c1-2-3-4-5-10-15-21(19-27-16-11-7-12-17-27)25-23(28)22(24(29)26-30)18-20-13-8-6-9-14-20/h6,8-9,13-14,21-22,30H,2-5,7,10-12,15-19H2,1H3,(H,25,28)(H,26,29). The first-order valence-electron chi connectivity index (χ1n) is 11.6. The Labute approximate surface area is 181 Å². The van der Waals surface area contributed by atoms with E-state index in [0.29, 0.717) is 0 Å². The van der Waals surface area contributed by atoms with Gasteiger partial charge in [0.25, 0.3) is 5.91 Å². The topological polar surface area (TPSA) is 81.7 Å². The highest BCUT2D eigenvalue weighted by Gasteiger charge is 2.29. The van der Waals surface area contributed by atoms with Crippen LogP contribution in [0.3, 0.4) is 0 Å². The van der Waals surface area contributed by atoms with E-state index >= 15 is 0 Å². The van der Waals surface area contributed by atoms with Crippen molar-refractivity contribution in [1.29, 1.82) is 0 Å². The minimum Gasteiger partial charge on any atom is -0.351 e. The van der Waals surface area contributed by atoms with E-state index in [1.807, 2.05) is 30.3 Å². The van der Waals surface area contributed by atoms with Crippen LogP contribution in [0.5, 0.6) is 0 Å². The molecule has 1 aliphatic rings. The zero-order valence-corrected chi connectivity index (χ0v) is 18.4. The van der Waals surface area contributed by atoms with Crippen molar-refractivity contribution in [2.24, 2.45) is 5.92 Å². The molecule has 0 aliphatic carbocycles. The first kappa shape index (κ1) is 24.4. The number of hydroxylamine groups is 1. The minimum atomic E-state index is -0.943. The molecule has 168 valence electrons. The molecule has 2 atom stereocenters. The van der Waals surface area contributed by atoms with Crippen molar-refractivity contribution in [3.8, 4) is 0 Å². The van der Waals surface area contributed by atoms with Gasteiger partial charge in [-0.25, -0.2) is 5.48 Å². The van der Waals surface area contributed by atoms with Crippen molar-refractivity contribution >= 4 is 11.8 Å². The Morgan fingerprint density at radius 3 is 2.37 bits per heavy atom. The molecule has 30 heavy (non-hydrogen) atoms. The SMILES string of the molecule is CCCCCCCC(CN1CCCCC1)NC(=O)C(Cc1ccccc1)C(=O)NO. The summed E-state index contributed by atoms with van der Waals surface area (Å²) in [5, 5.41) is 12.3. The Balaban J connectivity index is 1.99. The normalized spacial score (nSPS) is 16.6. The fraction of sp³-hybridized carbons (Fsp3) is 0.667. The molecule has 3 N–H and O–H groups in total. The van der Waals surface area contributed by atoms with Gasteiger partial charge in [0.2, 0.25) is 5.91 Å². The zero-order valence-electron chi connectivity index (χ0n) is 18.4. The molecular weight excluding hydrogens is 378 g/mol. The first-order valence-corrected chi connectivity index (χ1v) is 11.6. The quantitative estimate of drug-likeness (QED) is 0.198. The van der Waals surface area contributed by atoms with E-state index in [0.717, 1.165) is 38.0 Å². The molecule has 2 amide bonds. The van der Waals surface area contributed by atoms with E-state index in [4.69, 9.17) is 5.21 Å². The third-order valence-corrected chi connectivity index (χ3v) is 5.96. The highest BCUT2D eigenvalue weighted by Crippen LogP contribution is 2.15. The maximum atomic E-state index is 13.0. The summed E-state index contributed by atoms with van der Waals surface area (Å²) in [5.41, 5.74) is 2.57. The molecule has 0 spiro atoms. The molecule has 0 saturated carbocycles. The van der Waals surface area contributed by atoms with Crippen LogP contribution in [0.4, 0.5) is 0 Å². The number of carbonyl (C=O) groups is 2. The number of benzene rings is 1. The molecule has 2 unspecified atom stereocenters. The lowest BCUT2D eigenvalue weighted by Gasteiger charge is -2.31. The average molecular weight is 418 g/mol. The molecule has 1 aromatic rings. The lowest BCUT2D eigenvalue weighted by atomic mass is 9.96. The van der Waals surface area contributed by atoms with Crippen LogP contribution < -0.4 is 10.8 Å². The number of hydrogen-bond donors (Lipinski definition) is 3. The van der Waals surface area contributed by atoms with Crippen LogP contribution in [0.1, 0.15) is 70.3 Å². The number of amides is 2. The number of unbranched alkanes of at least 4 members (excludes halogenated alkanes) is 4. The monoisotopic (exact) mass is 417 g/mol. The van der Waals surface area contributed by atoms with Gasteiger partial charge in [0, 0.05) is 12.6 Å². The molecule has 0 aromatic heterocycles. The smallest absolute Gasteiger partial charge is 0.256 e. The fourth-order valence-electron chi connectivity index (χ4n) is 4.19. The van der Waals surface area contributed by atoms with Gasteiger partial charge in [-0.3, -0.25) is 14.8 Å². The van der Waals surface area contributed by atoms with Gasteiger partial charge >= 0.3 is 0 Å². The molecule has 0 radical (unpaired) electrons. The lowest BCUT2D eigenvalue weighted by Crippen LogP contribution is -2.49. The predicted octanol–water partition coefficient (Wildman–Crippen LogP) is 3.68. The van der Waals surface area contributed by atoms with Crippen molar-refractivity contribution in [2.75, 3.05) is 19.6 Å². The van der Waals surface area contributed by atoms with Gasteiger partial charge in [0.05, 0.1) is 0 Å². The average Bonchev–Trinajstić information content (AvgIpc) is 2.78. The van der Waals surface area contributed by atoms with E-state index in [1.54, 1.807) is 5.48 Å². The minimum absolute atomic E-state index is 0.0296. The summed E-state index contributed by atoms with van der Waals surface area (Å²) >= 11 is 0. The van der Waals surface area contributed by atoms with Gasteiger partial charge in [0.15, 0.2) is 0 Å². The largest absolute Gasteiger partial charge is 0.351 e. The maximum Gasteiger partial charge on any atom is 0.256 e. The summed E-state index contributed by atoms with van der Waals surface area (Å²) in [4.78, 5) is 27.7. The summed E-state index contributed by atoms with van der Waals surface area (Å²) < 4.78 is 0. The molecule has 1 fully saturated rings. The van der Waals surface area contributed by atoms with Gasteiger partial charge in [-0.2, -0.15) is 0 Å². The van der Waals surface area contributed by atoms with E-state index in [-0.39, 0.29) is 18.4 Å². The summed E-state index contributed by atoms with van der Waals surface area (Å²) in [5.74, 6) is -1.90. The highest BCUT2D eigenvalue weighted by atomic mass is 16.5. The first-order chi connectivity index (χ1) is 14.6. The number of likely N-dealkylation sites (tertiary alicyclic amines) is 1. The molecule has 0 bridgehead atoms. The summed E-state index contributed by atoms with van der Waals surface area (Å²) in [6.07, 6.45) is 10.8. The number of carbonyl (C=O) groups excluding carboxylic acids is 2. The Morgan fingerprint density at radius 1 is 1.00 bits per heavy atom. The molecule has 2 rings (SSSR count). The van der Waals surface area contributed by atoms with E-state index in [1.165, 1.54) is 44.9 Å². The molecule has 1 heterocycles. The van der Waals surface area contributed by atoms with Crippen LogP contribution in [0.2, 0.25) is 0 Å². The number of piperidine rings is 1. The number of rotatable bonds is 13. The summed E-state index contributed by atoms with van der Waals surface area (Å²) in [6, 6.07) is 9.49. The Hall–Kier alpha value is -1.92. The van der Waals surface area contributed by atoms with E-state index in [2.05, 4.69) is 17.1 Å². The highest BCUT2D eigenvalue weighted by molar-refractivity contribution is 6.00. The van der Waals surface area contributed by atoms with Crippen molar-refractivity contribution in [3.63, 3.8) is 0 Å². The Kier molecular flexibility index (Phi) is 11.5. The van der Waals surface area contributed by atoms with Crippen LogP contribution in [0, 0.1) is 5.92 Å². The third kappa shape index (κ3) is 8.84. The second-order valence-electron chi connectivity index (χ2n) is 8.49. The van der Waals surface area contributed by atoms with Gasteiger partial charge in [-0.05, 0) is 44.3 Å². The predicted molar refractivity (Wildman–Crippen MR) is 119 cm³/mol. The second kappa shape index (κ2) is 14.1. The van der Waals surface area contributed by atoms with Crippen molar-refractivity contribution in [3.05, 3.63) is 35.9 Å². The van der Waals surface area contributed by atoms with E-state index in [9.17, 15) is 9.59 Å². The van der Waals surface area contributed by atoms with Crippen LogP contribution in [-0.2, 0) is 16.0 Å². The number of nitrogens with zero attached hydrogens (tertiary/aromatic N) is 1. The number of hydrogen-bond acceptors (Lipinski definition) is 4. The Bertz CT molecular complexity index is 617. The van der Waals surface area contributed by atoms with Crippen molar-refractivity contribution in [1.82, 2.24) is 15.7 Å². The molecule has 1 aromatic carbocycles. The van der Waals surface area contributed by atoms with Crippen molar-refractivity contribution < 1.29 is 14.8 Å². The third-order valence-electron chi connectivity index (χ3n) is 5.96. The Morgan fingerprint density at radius 2 is 1.70 bits per heavy atom. The maximum absolute atomic E-state index is 13.0. The van der Waals surface area contributed by atoms with E-state index < -0.39 is 11.8 Å². The van der Waals surface area contributed by atoms with Gasteiger partial charge < -0.3 is 10.2 Å². The van der Waals surface area contributed by atoms with Crippen LogP contribution in [0.25, 0.3) is 0 Å². The lowest BCUT2D eigenvalue weighted by molar-refractivity contribution is -0.141. The fourth-order valence-corrected chi connectivity index (χ4v) is 4.19. The molecule has 6 nitrogen and oxygen atoms in total. The molecule has 6 heteroatoms. The van der Waals surface area contributed by atoms with Crippen molar-refractivity contribution in [2.45, 2.75) is 77.2 Å². The van der Waals surface area contributed by atoms with Gasteiger partial charge in [-0.15, -0.1) is 0 Å². The summed E-state index contributed by atoms with van der Waals surface area (Å²) in [6.45, 7) is 5.19. The van der Waals surface area contributed by atoms with Gasteiger partial charge in [0.1, 0.15) is 5.92 Å². The molecular formula is C24H39N3O3. The van der Waals surface area contributed by atoms with Crippen LogP contribution in [0.15, 0.2) is 30.3 Å². The second-order valence-corrected chi connectivity index (χ2v) is 8.49. The van der Waals surface area contributed by atoms with Crippen LogP contribution in [-0.4, -0.2) is 47.6 Å².